The first-order valence-corrected chi connectivity index (χ1v) is 6.82. The fourth-order valence-electron chi connectivity index (χ4n) is 2.03. The second-order valence-corrected chi connectivity index (χ2v) is 4.65. The molecule has 0 saturated carbocycles. The molecule has 1 heterocycles. The predicted octanol–water partition coefficient (Wildman–Crippen LogP) is 2.36. The van der Waals surface area contributed by atoms with E-state index in [1.54, 1.807) is 0 Å². The van der Waals surface area contributed by atoms with Crippen LogP contribution in [0.3, 0.4) is 0 Å². The van der Waals surface area contributed by atoms with Crippen molar-refractivity contribution in [1.29, 1.82) is 0 Å². The van der Waals surface area contributed by atoms with Crippen LogP contribution in [0.2, 0.25) is 0 Å². The summed E-state index contributed by atoms with van der Waals surface area (Å²) < 4.78 is 32.3. The highest BCUT2D eigenvalue weighted by Crippen LogP contribution is 2.25. The minimum absolute atomic E-state index is 0.199. The van der Waals surface area contributed by atoms with Gasteiger partial charge >= 0.3 is 0 Å². The van der Waals surface area contributed by atoms with E-state index in [1.165, 1.54) is 6.07 Å². The molecule has 7 heteroatoms. The molecular weight excluding hydrogens is 278 g/mol. The van der Waals surface area contributed by atoms with Gasteiger partial charge in [-0.1, -0.05) is 25.1 Å². The Bertz CT molecular complexity index is 578. The van der Waals surface area contributed by atoms with Crippen LogP contribution in [0.4, 0.5) is 8.78 Å². The van der Waals surface area contributed by atoms with Gasteiger partial charge in [-0.25, -0.2) is 8.78 Å². The highest BCUT2D eigenvalue weighted by molar-refractivity contribution is 5.54. The second kappa shape index (κ2) is 6.73. The average Bonchev–Trinajstić information content (AvgIpc) is 2.94. The number of nitrogens with zero attached hydrogens (tertiary/aromatic N) is 3. The quantitative estimate of drug-likeness (QED) is 0.886. The summed E-state index contributed by atoms with van der Waals surface area (Å²) >= 11 is 0. The van der Waals surface area contributed by atoms with Crippen LogP contribution in [0.25, 0.3) is 11.5 Å². The third-order valence-corrected chi connectivity index (χ3v) is 3.30. The molecule has 2 N–H and O–H groups in total. The summed E-state index contributed by atoms with van der Waals surface area (Å²) in [5.74, 6) is -1.46. The Balaban J connectivity index is 2.22. The molecule has 0 aliphatic heterocycles. The normalized spacial score (nSPS) is 12.9. The lowest BCUT2D eigenvalue weighted by Gasteiger charge is -2.20. The molecule has 2 aromatic rings. The van der Waals surface area contributed by atoms with Crippen molar-refractivity contribution in [1.82, 2.24) is 15.0 Å². The van der Waals surface area contributed by atoms with E-state index in [1.807, 2.05) is 13.8 Å². The molecule has 1 atom stereocenters. The van der Waals surface area contributed by atoms with Crippen molar-refractivity contribution < 1.29 is 13.3 Å². The summed E-state index contributed by atoms with van der Waals surface area (Å²) in [5.41, 5.74) is 5.67. The van der Waals surface area contributed by atoms with E-state index in [0.29, 0.717) is 6.54 Å². The van der Waals surface area contributed by atoms with Crippen molar-refractivity contribution in [3.63, 3.8) is 0 Å². The Labute approximate surface area is 121 Å². The summed E-state index contributed by atoms with van der Waals surface area (Å²) in [5, 5.41) is 3.73. The standard InChI is InChI=1S/C14H18F2N4O/c1-3-20(4-2)8-11(17)13-18-14(21-19-13)12-9(15)6-5-7-10(12)16/h5-7,11H,3-4,8,17H2,1-2H3. The second-order valence-electron chi connectivity index (χ2n) is 4.65. The zero-order valence-electron chi connectivity index (χ0n) is 12.0. The number of halogens is 2. The van der Waals surface area contributed by atoms with Gasteiger partial charge in [0.2, 0.25) is 0 Å². The monoisotopic (exact) mass is 296 g/mol. The van der Waals surface area contributed by atoms with E-state index in [0.717, 1.165) is 25.2 Å². The number of hydrogen-bond donors (Lipinski definition) is 1. The first-order valence-electron chi connectivity index (χ1n) is 6.82. The van der Waals surface area contributed by atoms with Gasteiger partial charge in [-0.05, 0) is 25.2 Å². The highest BCUT2D eigenvalue weighted by atomic mass is 19.1. The van der Waals surface area contributed by atoms with Crippen LogP contribution < -0.4 is 5.73 Å². The lowest BCUT2D eigenvalue weighted by atomic mass is 10.2. The van der Waals surface area contributed by atoms with Gasteiger partial charge in [0.05, 0.1) is 6.04 Å². The maximum absolute atomic E-state index is 13.7. The smallest absolute Gasteiger partial charge is 0.263 e. The minimum Gasteiger partial charge on any atom is -0.334 e. The first-order chi connectivity index (χ1) is 10.1. The topological polar surface area (TPSA) is 68.2 Å². The molecule has 0 aliphatic rings. The molecule has 21 heavy (non-hydrogen) atoms. The summed E-state index contributed by atoms with van der Waals surface area (Å²) in [4.78, 5) is 6.12. The number of aromatic nitrogens is 2. The molecule has 1 aromatic heterocycles. The highest BCUT2D eigenvalue weighted by Gasteiger charge is 2.21. The number of rotatable bonds is 6. The Kier molecular flexibility index (Phi) is 4.98. The summed E-state index contributed by atoms with van der Waals surface area (Å²) in [6.45, 7) is 6.28. The van der Waals surface area contributed by atoms with Crippen molar-refractivity contribution in [2.75, 3.05) is 19.6 Å². The van der Waals surface area contributed by atoms with E-state index in [9.17, 15) is 8.78 Å². The molecule has 0 bridgehead atoms. The number of hydrogen-bond acceptors (Lipinski definition) is 5. The van der Waals surface area contributed by atoms with Gasteiger partial charge in [0, 0.05) is 6.54 Å². The van der Waals surface area contributed by atoms with E-state index in [2.05, 4.69) is 15.0 Å². The van der Waals surface area contributed by atoms with Crippen molar-refractivity contribution in [2.24, 2.45) is 5.73 Å². The molecule has 0 fully saturated rings. The van der Waals surface area contributed by atoms with Gasteiger partial charge in [0.1, 0.15) is 17.2 Å². The molecule has 0 amide bonds. The van der Waals surface area contributed by atoms with Crippen molar-refractivity contribution in [2.45, 2.75) is 19.9 Å². The molecule has 1 aromatic carbocycles. The van der Waals surface area contributed by atoms with Crippen molar-refractivity contribution >= 4 is 0 Å². The Morgan fingerprint density at radius 3 is 2.43 bits per heavy atom. The van der Waals surface area contributed by atoms with Crippen LogP contribution in [0, 0.1) is 11.6 Å². The number of nitrogens with two attached hydrogens (primary N) is 1. The maximum atomic E-state index is 13.7. The lowest BCUT2D eigenvalue weighted by Crippen LogP contribution is -2.32. The third-order valence-electron chi connectivity index (χ3n) is 3.30. The maximum Gasteiger partial charge on any atom is 0.263 e. The zero-order chi connectivity index (χ0) is 15.4. The van der Waals surface area contributed by atoms with Gasteiger partial charge < -0.3 is 15.2 Å². The minimum atomic E-state index is -0.748. The van der Waals surface area contributed by atoms with Crippen LogP contribution in [0.1, 0.15) is 25.7 Å². The molecule has 5 nitrogen and oxygen atoms in total. The fourth-order valence-corrected chi connectivity index (χ4v) is 2.03. The van der Waals surface area contributed by atoms with Crippen LogP contribution in [-0.4, -0.2) is 34.7 Å². The van der Waals surface area contributed by atoms with Crippen LogP contribution in [0.15, 0.2) is 22.7 Å². The molecule has 0 aliphatic carbocycles. The number of likely N-dealkylation sites (N-methyl/N-ethyl adjacent to an activating group) is 1. The predicted molar refractivity (Wildman–Crippen MR) is 74.4 cm³/mol. The van der Waals surface area contributed by atoms with Gasteiger partial charge in [0.15, 0.2) is 5.82 Å². The van der Waals surface area contributed by atoms with Crippen LogP contribution >= 0.6 is 0 Å². The summed E-state index contributed by atoms with van der Waals surface area (Å²) in [6, 6.07) is 3.07. The third kappa shape index (κ3) is 3.43. The molecule has 1 unspecified atom stereocenters. The largest absolute Gasteiger partial charge is 0.334 e. The molecule has 0 spiro atoms. The molecule has 0 saturated heterocycles. The Hall–Kier alpha value is -1.86. The van der Waals surface area contributed by atoms with Crippen molar-refractivity contribution in [3.8, 4) is 11.5 Å². The van der Waals surface area contributed by atoms with Gasteiger partial charge in [-0.3, -0.25) is 0 Å². The molecule has 2 rings (SSSR count). The fraction of sp³-hybridized carbons (Fsp3) is 0.429. The van der Waals surface area contributed by atoms with E-state index in [-0.39, 0.29) is 17.3 Å². The first kappa shape index (κ1) is 15.5. The molecular formula is C14H18F2N4O. The van der Waals surface area contributed by atoms with Crippen LogP contribution in [0.5, 0.6) is 0 Å². The van der Waals surface area contributed by atoms with E-state index < -0.39 is 17.7 Å². The Morgan fingerprint density at radius 2 is 1.86 bits per heavy atom. The SMILES string of the molecule is CCN(CC)CC(N)c1noc(-c2c(F)cccc2F)n1. The average molecular weight is 296 g/mol. The van der Waals surface area contributed by atoms with E-state index in [4.69, 9.17) is 10.3 Å². The van der Waals surface area contributed by atoms with Gasteiger partial charge in [-0.2, -0.15) is 4.98 Å². The van der Waals surface area contributed by atoms with Gasteiger partial charge in [0.25, 0.3) is 5.89 Å². The summed E-state index contributed by atoms with van der Waals surface area (Å²) in [6.07, 6.45) is 0. The Morgan fingerprint density at radius 1 is 1.24 bits per heavy atom. The molecule has 114 valence electrons. The van der Waals surface area contributed by atoms with Crippen molar-refractivity contribution in [3.05, 3.63) is 35.7 Å². The van der Waals surface area contributed by atoms with Gasteiger partial charge in [-0.15, -0.1) is 0 Å². The summed E-state index contributed by atoms with van der Waals surface area (Å²) in [7, 11) is 0. The molecule has 0 radical (unpaired) electrons. The zero-order valence-corrected chi connectivity index (χ0v) is 12.0. The van der Waals surface area contributed by atoms with Crippen LogP contribution in [-0.2, 0) is 0 Å². The van der Waals surface area contributed by atoms with E-state index >= 15 is 0 Å². The lowest BCUT2D eigenvalue weighted by molar-refractivity contribution is 0.278. The number of benzene rings is 1.